The van der Waals surface area contributed by atoms with Gasteiger partial charge in [-0.3, -0.25) is 14.9 Å². The van der Waals surface area contributed by atoms with Crippen molar-refractivity contribution in [3.05, 3.63) is 51.7 Å². The molecule has 2 aromatic heterocycles. The van der Waals surface area contributed by atoms with Crippen molar-refractivity contribution in [2.75, 3.05) is 23.0 Å². The number of aryl methyl sites for hydroxylation is 1. The maximum atomic E-state index is 13.7. The van der Waals surface area contributed by atoms with Crippen molar-refractivity contribution in [3.63, 3.8) is 0 Å². The zero-order valence-corrected chi connectivity index (χ0v) is 19.9. The third-order valence-corrected chi connectivity index (χ3v) is 7.91. The Kier molecular flexibility index (Phi) is 7.36. The second kappa shape index (κ2) is 10.4. The molecule has 3 aromatic rings. The van der Waals surface area contributed by atoms with Gasteiger partial charge in [0.25, 0.3) is 5.91 Å². The second-order valence-electron chi connectivity index (χ2n) is 6.93. The van der Waals surface area contributed by atoms with Crippen LogP contribution in [0.3, 0.4) is 0 Å². The number of amides is 2. The summed E-state index contributed by atoms with van der Waals surface area (Å²) in [6.45, 7) is 2.01. The Hall–Kier alpha value is -2.83. The summed E-state index contributed by atoms with van der Waals surface area (Å²) in [6.07, 6.45) is 2.68. The number of carbonyl (C=O) groups is 3. The maximum Gasteiger partial charge on any atom is 0.341 e. The van der Waals surface area contributed by atoms with Crippen LogP contribution in [0.2, 0.25) is 0 Å². The summed E-state index contributed by atoms with van der Waals surface area (Å²) in [5.74, 6) is -1.93. The largest absolute Gasteiger partial charge is 0.462 e. The van der Waals surface area contributed by atoms with E-state index in [0.29, 0.717) is 14.9 Å². The van der Waals surface area contributed by atoms with E-state index < -0.39 is 17.7 Å². The lowest BCUT2D eigenvalue weighted by molar-refractivity contribution is -0.113. The van der Waals surface area contributed by atoms with Gasteiger partial charge in [0.2, 0.25) is 11.0 Å². The Labute approximate surface area is 200 Å². The van der Waals surface area contributed by atoms with E-state index in [1.165, 1.54) is 29.5 Å². The van der Waals surface area contributed by atoms with Crippen LogP contribution >= 0.6 is 34.4 Å². The van der Waals surface area contributed by atoms with Gasteiger partial charge in [-0.25, -0.2) is 9.18 Å². The van der Waals surface area contributed by atoms with Crippen molar-refractivity contribution in [2.45, 2.75) is 30.5 Å². The molecular weight excluding hydrogens is 487 g/mol. The van der Waals surface area contributed by atoms with Crippen LogP contribution in [0.15, 0.2) is 28.6 Å². The number of anilines is 2. The van der Waals surface area contributed by atoms with E-state index in [1.54, 1.807) is 13.0 Å². The highest BCUT2D eigenvalue weighted by Crippen LogP contribution is 2.39. The van der Waals surface area contributed by atoms with Gasteiger partial charge >= 0.3 is 5.97 Å². The molecule has 0 aliphatic heterocycles. The molecule has 0 bridgehead atoms. The molecule has 0 atom stereocenters. The fourth-order valence-corrected chi connectivity index (χ4v) is 6.17. The fraction of sp³-hybridized carbons (Fsp3) is 0.286. The quantitative estimate of drug-likeness (QED) is 0.265. The molecule has 0 saturated carbocycles. The lowest BCUT2D eigenvalue weighted by Gasteiger charge is -2.07. The molecular formula is C21H19FN4O4S3. The number of fused-ring (bicyclic) bond motifs is 1. The first-order valence-corrected chi connectivity index (χ1v) is 12.7. The van der Waals surface area contributed by atoms with Crippen molar-refractivity contribution >= 4 is 62.4 Å². The van der Waals surface area contributed by atoms with E-state index in [0.717, 1.165) is 52.8 Å². The first-order chi connectivity index (χ1) is 16.0. The zero-order chi connectivity index (χ0) is 23.4. The number of rotatable bonds is 8. The SMILES string of the molecule is CCOC(=O)c1c(NC(=O)CSc2nnc(NC(=O)c3ccccc3F)s2)sc2c1CCC2. The Balaban J connectivity index is 1.35. The minimum atomic E-state index is -0.632. The van der Waals surface area contributed by atoms with E-state index in [1.807, 2.05) is 0 Å². The van der Waals surface area contributed by atoms with Gasteiger partial charge in [0.05, 0.1) is 23.5 Å². The summed E-state index contributed by atoms with van der Waals surface area (Å²) in [7, 11) is 0. The van der Waals surface area contributed by atoms with Crippen LogP contribution in [-0.2, 0) is 22.4 Å². The van der Waals surface area contributed by atoms with Crippen LogP contribution in [-0.4, -0.2) is 40.3 Å². The van der Waals surface area contributed by atoms with Gasteiger partial charge in [-0.05, 0) is 43.9 Å². The normalized spacial score (nSPS) is 12.3. The van der Waals surface area contributed by atoms with Crippen LogP contribution in [0.25, 0.3) is 0 Å². The molecule has 0 unspecified atom stereocenters. The van der Waals surface area contributed by atoms with Gasteiger partial charge in [-0.1, -0.05) is 35.2 Å². The summed E-state index contributed by atoms with van der Waals surface area (Å²) >= 11 is 3.64. The van der Waals surface area contributed by atoms with Crippen LogP contribution in [0.5, 0.6) is 0 Å². The van der Waals surface area contributed by atoms with E-state index in [4.69, 9.17) is 4.74 Å². The molecule has 33 heavy (non-hydrogen) atoms. The van der Waals surface area contributed by atoms with Crippen molar-refractivity contribution in [3.8, 4) is 0 Å². The summed E-state index contributed by atoms with van der Waals surface area (Å²) in [5.41, 5.74) is 1.34. The molecule has 8 nitrogen and oxygen atoms in total. The first kappa shape index (κ1) is 23.3. The monoisotopic (exact) mass is 506 g/mol. The number of thiophene rings is 1. The third-order valence-electron chi connectivity index (χ3n) is 4.73. The topological polar surface area (TPSA) is 110 Å². The summed E-state index contributed by atoms with van der Waals surface area (Å²) in [5, 5.41) is 13.8. The van der Waals surface area contributed by atoms with Gasteiger partial charge < -0.3 is 10.1 Å². The number of benzene rings is 1. The summed E-state index contributed by atoms with van der Waals surface area (Å²) in [4.78, 5) is 38.2. The number of thioether (sulfide) groups is 1. The Bertz CT molecular complexity index is 1210. The van der Waals surface area contributed by atoms with Crippen LogP contribution in [0.4, 0.5) is 14.5 Å². The zero-order valence-electron chi connectivity index (χ0n) is 17.5. The lowest BCUT2D eigenvalue weighted by Crippen LogP contribution is -2.16. The number of halogens is 1. The van der Waals surface area contributed by atoms with Gasteiger partial charge in [0, 0.05) is 4.88 Å². The minimum absolute atomic E-state index is 0.0424. The molecule has 1 aliphatic carbocycles. The number of hydrogen-bond acceptors (Lipinski definition) is 9. The fourth-order valence-electron chi connectivity index (χ4n) is 3.33. The Morgan fingerprint density at radius 3 is 2.76 bits per heavy atom. The smallest absolute Gasteiger partial charge is 0.341 e. The molecule has 172 valence electrons. The van der Waals surface area contributed by atoms with Crippen molar-refractivity contribution in [1.29, 1.82) is 0 Å². The number of carbonyl (C=O) groups excluding carboxylic acids is 3. The highest BCUT2D eigenvalue weighted by molar-refractivity contribution is 8.01. The number of ether oxygens (including phenoxy) is 1. The van der Waals surface area contributed by atoms with Gasteiger partial charge in [-0.2, -0.15) is 0 Å². The van der Waals surface area contributed by atoms with Crippen LogP contribution in [0, 0.1) is 5.82 Å². The minimum Gasteiger partial charge on any atom is -0.462 e. The Morgan fingerprint density at radius 2 is 1.97 bits per heavy atom. The van der Waals surface area contributed by atoms with Crippen molar-refractivity contribution < 1.29 is 23.5 Å². The number of hydrogen-bond donors (Lipinski definition) is 2. The lowest BCUT2D eigenvalue weighted by atomic mass is 10.1. The summed E-state index contributed by atoms with van der Waals surface area (Å²) < 4.78 is 19.4. The highest BCUT2D eigenvalue weighted by atomic mass is 32.2. The molecule has 2 heterocycles. The number of nitrogens with one attached hydrogen (secondary N) is 2. The molecule has 2 N–H and O–H groups in total. The predicted molar refractivity (Wildman–Crippen MR) is 126 cm³/mol. The van der Waals surface area contributed by atoms with E-state index >= 15 is 0 Å². The summed E-state index contributed by atoms with van der Waals surface area (Å²) in [6, 6.07) is 5.63. The molecule has 0 radical (unpaired) electrons. The van der Waals surface area contributed by atoms with E-state index in [2.05, 4.69) is 20.8 Å². The molecule has 12 heteroatoms. The molecule has 4 rings (SSSR count). The van der Waals surface area contributed by atoms with Crippen molar-refractivity contribution in [1.82, 2.24) is 10.2 Å². The number of aromatic nitrogens is 2. The standard InChI is InChI=1S/C21H19FN4O4S3/c1-2-30-19(29)16-12-7-5-9-14(12)32-18(16)23-15(27)10-31-21-26-25-20(33-21)24-17(28)11-6-3-4-8-13(11)22/h3-4,6,8H,2,5,7,9-10H2,1H3,(H,23,27)(H,24,25,28). The predicted octanol–water partition coefficient (Wildman–Crippen LogP) is 4.39. The van der Waals surface area contributed by atoms with Crippen LogP contribution in [0.1, 0.15) is 44.5 Å². The molecule has 1 aliphatic rings. The number of nitrogens with zero attached hydrogens (tertiary/aromatic N) is 2. The average molecular weight is 507 g/mol. The first-order valence-electron chi connectivity index (χ1n) is 10.1. The van der Waals surface area contributed by atoms with E-state index in [9.17, 15) is 18.8 Å². The molecule has 0 fully saturated rings. The van der Waals surface area contributed by atoms with Crippen molar-refractivity contribution in [2.24, 2.45) is 0 Å². The number of esters is 1. The van der Waals surface area contributed by atoms with Gasteiger partial charge in [-0.15, -0.1) is 21.5 Å². The molecule has 0 saturated heterocycles. The van der Waals surface area contributed by atoms with Gasteiger partial charge in [0.15, 0.2) is 4.34 Å². The van der Waals surface area contributed by atoms with E-state index in [-0.39, 0.29) is 29.0 Å². The van der Waals surface area contributed by atoms with Crippen LogP contribution < -0.4 is 10.6 Å². The third kappa shape index (κ3) is 5.40. The maximum absolute atomic E-state index is 13.7. The average Bonchev–Trinajstić information content (AvgIpc) is 3.49. The second-order valence-corrected chi connectivity index (χ2v) is 10.2. The van der Waals surface area contributed by atoms with Gasteiger partial charge in [0.1, 0.15) is 10.8 Å². The molecule has 1 aromatic carbocycles. The highest BCUT2D eigenvalue weighted by Gasteiger charge is 2.28. The molecule has 2 amide bonds. The Morgan fingerprint density at radius 1 is 1.15 bits per heavy atom. The molecule has 0 spiro atoms.